The topological polar surface area (TPSA) is 87.7 Å². The van der Waals surface area contributed by atoms with Crippen molar-refractivity contribution in [1.82, 2.24) is 15.5 Å². The van der Waals surface area contributed by atoms with Crippen LogP contribution in [0.25, 0.3) is 0 Å². The number of amides is 3. The quantitative estimate of drug-likeness (QED) is 0.685. The maximum Gasteiger partial charge on any atom is 0.255 e. The molecule has 7 heteroatoms. The normalized spacial score (nSPS) is 22.0. The van der Waals surface area contributed by atoms with Crippen LogP contribution in [0.1, 0.15) is 55.8 Å². The fourth-order valence-electron chi connectivity index (χ4n) is 3.94. The van der Waals surface area contributed by atoms with Crippen molar-refractivity contribution < 1.29 is 19.1 Å². The highest BCUT2D eigenvalue weighted by Gasteiger charge is 2.32. The number of carbonyl (C=O) groups excluding carboxylic acids is 3. The van der Waals surface area contributed by atoms with Crippen LogP contribution < -0.4 is 15.4 Å². The number of para-hydroxylation sites is 1. The highest BCUT2D eigenvalue weighted by atomic mass is 16.5. The summed E-state index contributed by atoms with van der Waals surface area (Å²) in [5, 5.41) is 5.85. The summed E-state index contributed by atoms with van der Waals surface area (Å²) in [5.41, 5.74) is 0.557. The number of benzene rings is 1. The van der Waals surface area contributed by atoms with Gasteiger partial charge in [0.1, 0.15) is 5.75 Å². The van der Waals surface area contributed by atoms with E-state index >= 15 is 0 Å². The largest absolute Gasteiger partial charge is 0.493 e. The first-order chi connectivity index (χ1) is 14.1. The van der Waals surface area contributed by atoms with Gasteiger partial charge in [-0.15, -0.1) is 0 Å². The molecule has 2 N–H and O–H groups in total. The van der Waals surface area contributed by atoms with Gasteiger partial charge in [0.25, 0.3) is 5.91 Å². The smallest absolute Gasteiger partial charge is 0.255 e. The molecule has 1 aromatic rings. The van der Waals surface area contributed by atoms with Crippen LogP contribution in [0.4, 0.5) is 0 Å². The maximum atomic E-state index is 12.8. The predicted molar refractivity (Wildman–Crippen MR) is 110 cm³/mol. The van der Waals surface area contributed by atoms with E-state index in [1.807, 2.05) is 18.2 Å². The Balaban J connectivity index is 1.50. The Morgan fingerprint density at radius 2 is 1.97 bits per heavy atom. The Bertz CT molecular complexity index is 729. The molecule has 0 radical (unpaired) electrons. The van der Waals surface area contributed by atoms with Crippen LogP contribution >= 0.6 is 0 Å². The molecule has 0 atom stereocenters. The van der Waals surface area contributed by atoms with Gasteiger partial charge in [0.05, 0.1) is 18.7 Å². The average molecular weight is 402 g/mol. The molecule has 158 valence electrons. The summed E-state index contributed by atoms with van der Waals surface area (Å²) in [6.07, 6.45) is 4.99. The zero-order valence-electron chi connectivity index (χ0n) is 17.1. The van der Waals surface area contributed by atoms with Gasteiger partial charge >= 0.3 is 0 Å². The summed E-state index contributed by atoms with van der Waals surface area (Å²) in [6.45, 7) is 3.96. The molecule has 1 heterocycles. The summed E-state index contributed by atoms with van der Waals surface area (Å²) in [7, 11) is 0. The molecule has 0 bridgehead atoms. The van der Waals surface area contributed by atoms with E-state index in [1.165, 1.54) is 0 Å². The van der Waals surface area contributed by atoms with Crippen molar-refractivity contribution in [2.45, 2.75) is 51.5 Å². The molecule has 0 unspecified atom stereocenters. The number of nitrogens with one attached hydrogen (secondary N) is 2. The number of hydrogen-bond acceptors (Lipinski definition) is 4. The minimum Gasteiger partial charge on any atom is -0.493 e. The van der Waals surface area contributed by atoms with Crippen LogP contribution in [0, 0.1) is 5.92 Å². The van der Waals surface area contributed by atoms with Crippen molar-refractivity contribution in [2.24, 2.45) is 5.92 Å². The van der Waals surface area contributed by atoms with Gasteiger partial charge in [0.15, 0.2) is 0 Å². The number of piperazine rings is 1. The second-order valence-corrected chi connectivity index (χ2v) is 7.83. The highest BCUT2D eigenvalue weighted by Crippen LogP contribution is 2.27. The van der Waals surface area contributed by atoms with Crippen molar-refractivity contribution in [3.63, 3.8) is 0 Å². The van der Waals surface area contributed by atoms with Crippen LogP contribution in [-0.4, -0.2) is 54.9 Å². The van der Waals surface area contributed by atoms with Gasteiger partial charge in [-0.1, -0.05) is 25.5 Å². The Morgan fingerprint density at radius 3 is 2.69 bits per heavy atom. The van der Waals surface area contributed by atoms with E-state index in [9.17, 15) is 14.4 Å². The molecule has 2 fully saturated rings. The van der Waals surface area contributed by atoms with Gasteiger partial charge in [0, 0.05) is 25.0 Å². The van der Waals surface area contributed by atoms with Crippen LogP contribution in [0.15, 0.2) is 24.3 Å². The summed E-state index contributed by atoms with van der Waals surface area (Å²) in [6, 6.07) is 7.38. The number of rotatable bonds is 7. The average Bonchev–Trinajstić information content (AvgIpc) is 2.74. The molecule has 0 spiro atoms. The van der Waals surface area contributed by atoms with Crippen LogP contribution in [0.2, 0.25) is 0 Å². The SMILES string of the molecule is CCCCOc1ccccc1C(=O)NC1CCC(C(=O)N2CCNC(=O)C2)CC1. The van der Waals surface area contributed by atoms with Gasteiger partial charge in [-0.05, 0) is 44.2 Å². The van der Waals surface area contributed by atoms with Crippen LogP contribution in [0.5, 0.6) is 5.75 Å². The molecular formula is C22H31N3O4. The molecule has 7 nitrogen and oxygen atoms in total. The maximum absolute atomic E-state index is 12.8. The minimum atomic E-state index is -0.125. The number of nitrogens with zero attached hydrogens (tertiary/aromatic N) is 1. The molecule has 1 saturated heterocycles. The monoisotopic (exact) mass is 401 g/mol. The van der Waals surface area contributed by atoms with Gasteiger partial charge in [-0.2, -0.15) is 0 Å². The number of unbranched alkanes of at least 4 members (excludes halogenated alkanes) is 1. The van der Waals surface area contributed by atoms with E-state index in [-0.39, 0.29) is 36.2 Å². The van der Waals surface area contributed by atoms with Gasteiger partial charge < -0.3 is 20.3 Å². The van der Waals surface area contributed by atoms with Crippen molar-refractivity contribution in [3.05, 3.63) is 29.8 Å². The lowest BCUT2D eigenvalue weighted by molar-refractivity contribution is -0.142. The molecule has 1 saturated carbocycles. The molecule has 1 aliphatic heterocycles. The van der Waals surface area contributed by atoms with E-state index in [0.29, 0.717) is 31.0 Å². The van der Waals surface area contributed by atoms with Crippen molar-refractivity contribution >= 4 is 17.7 Å². The van der Waals surface area contributed by atoms with Gasteiger partial charge in [0.2, 0.25) is 11.8 Å². The summed E-state index contributed by atoms with van der Waals surface area (Å²) in [5.74, 6) is 0.411. The first-order valence-electron chi connectivity index (χ1n) is 10.7. The first kappa shape index (κ1) is 21.1. The summed E-state index contributed by atoms with van der Waals surface area (Å²) in [4.78, 5) is 38.6. The summed E-state index contributed by atoms with van der Waals surface area (Å²) >= 11 is 0. The van der Waals surface area contributed by atoms with E-state index in [0.717, 1.165) is 38.5 Å². The number of carbonyl (C=O) groups is 3. The standard InChI is InChI=1S/C22H31N3O4/c1-2-3-14-29-19-7-5-4-6-18(19)21(27)24-17-10-8-16(9-11-17)22(28)25-13-12-23-20(26)15-25/h4-7,16-17H,2-3,8-15H2,1H3,(H,23,26)(H,24,27). The zero-order chi connectivity index (χ0) is 20.6. The highest BCUT2D eigenvalue weighted by molar-refractivity contribution is 5.97. The van der Waals surface area contributed by atoms with E-state index < -0.39 is 0 Å². The third-order valence-corrected chi connectivity index (χ3v) is 5.65. The number of ether oxygens (including phenoxy) is 1. The van der Waals surface area contributed by atoms with Gasteiger partial charge in [-0.25, -0.2) is 0 Å². The zero-order valence-corrected chi connectivity index (χ0v) is 17.1. The molecule has 3 rings (SSSR count). The number of hydrogen-bond donors (Lipinski definition) is 2. The van der Waals surface area contributed by atoms with Crippen molar-refractivity contribution in [3.8, 4) is 5.75 Å². The van der Waals surface area contributed by atoms with E-state index in [2.05, 4.69) is 17.6 Å². The van der Waals surface area contributed by atoms with E-state index in [4.69, 9.17) is 4.74 Å². The predicted octanol–water partition coefficient (Wildman–Crippen LogP) is 2.11. The minimum absolute atomic E-state index is 0.0555. The molecule has 1 aliphatic carbocycles. The molecule has 1 aromatic carbocycles. The van der Waals surface area contributed by atoms with Crippen LogP contribution in [0.3, 0.4) is 0 Å². The molecule has 29 heavy (non-hydrogen) atoms. The Labute approximate surface area is 172 Å². The fourth-order valence-corrected chi connectivity index (χ4v) is 3.94. The lowest BCUT2D eigenvalue weighted by atomic mass is 9.85. The van der Waals surface area contributed by atoms with Gasteiger partial charge in [-0.3, -0.25) is 14.4 Å². The third kappa shape index (κ3) is 5.71. The van der Waals surface area contributed by atoms with E-state index in [1.54, 1.807) is 11.0 Å². The Kier molecular flexibility index (Phi) is 7.49. The summed E-state index contributed by atoms with van der Waals surface area (Å²) < 4.78 is 5.77. The van der Waals surface area contributed by atoms with Crippen LogP contribution in [-0.2, 0) is 9.59 Å². The molecule has 2 aliphatic rings. The first-order valence-corrected chi connectivity index (χ1v) is 10.7. The second-order valence-electron chi connectivity index (χ2n) is 7.83. The molecule has 0 aromatic heterocycles. The second kappa shape index (κ2) is 10.3. The molecule has 3 amide bonds. The molecular weight excluding hydrogens is 370 g/mol. The fraction of sp³-hybridized carbons (Fsp3) is 0.591. The third-order valence-electron chi connectivity index (χ3n) is 5.65. The lowest BCUT2D eigenvalue weighted by Crippen LogP contribution is -2.52. The lowest BCUT2D eigenvalue weighted by Gasteiger charge is -2.34. The Hall–Kier alpha value is -2.57. The Morgan fingerprint density at radius 1 is 1.21 bits per heavy atom. The van der Waals surface area contributed by atoms with Crippen molar-refractivity contribution in [1.29, 1.82) is 0 Å². The van der Waals surface area contributed by atoms with Crippen molar-refractivity contribution in [2.75, 3.05) is 26.2 Å².